The molecule has 0 spiro atoms. The summed E-state index contributed by atoms with van der Waals surface area (Å²) < 4.78 is 0. The van der Waals surface area contributed by atoms with E-state index in [1.54, 1.807) is 0 Å². The zero-order valence-corrected chi connectivity index (χ0v) is 13.2. The Hall–Kier alpha value is -1.31. The fourth-order valence-electron chi connectivity index (χ4n) is 3.04. The number of rotatable bonds is 4. The molecule has 2 N–H and O–H groups in total. The van der Waals surface area contributed by atoms with Crippen LogP contribution >= 0.6 is 11.6 Å². The average Bonchev–Trinajstić information content (AvgIpc) is 2.38. The van der Waals surface area contributed by atoms with Crippen molar-refractivity contribution in [2.45, 2.75) is 33.1 Å². The van der Waals surface area contributed by atoms with Crippen LogP contribution < -0.4 is 5.73 Å². The molecule has 0 aliphatic heterocycles. The monoisotopic (exact) mass is 287 g/mol. The van der Waals surface area contributed by atoms with Crippen molar-refractivity contribution in [1.82, 2.24) is 0 Å². The third kappa shape index (κ3) is 3.41. The highest BCUT2D eigenvalue weighted by Crippen LogP contribution is 2.28. The average molecular weight is 288 g/mol. The number of benzene rings is 2. The largest absolute Gasteiger partial charge is 0.330 e. The van der Waals surface area contributed by atoms with Crippen molar-refractivity contribution >= 4 is 11.6 Å². The number of nitrogens with two attached hydrogens (primary N) is 1. The van der Waals surface area contributed by atoms with E-state index in [-0.39, 0.29) is 0 Å². The smallest absolute Gasteiger partial charge is 0.0406 e. The van der Waals surface area contributed by atoms with Gasteiger partial charge in [0.25, 0.3) is 0 Å². The maximum Gasteiger partial charge on any atom is 0.0406 e. The molecule has 1 unspecified atom stereocenters. The second-order valence-corrected chi connectivity index (χ2v) is 6.01. The fraction of sp³-hybridized carbons (Fsp3) is 0.333. The highest BCUT2D eigenvalue weighted by atomic mass is 35.5. The van der Waals surface area contributed by atoms with Crippen LogP contribution in [0.3, 0.4) is 0 Å². The molecule has 0 fully saturated rings. The lowest BCUT2D eigenvalue weighted by molar-refractivity contribution is 0.685. The quantitative estimate of drug-likeness (QED) is 0.877. The minimum Gasteiger partial charge on any atom is -0.330 e. The molecule has 0 aromatic heterocycles. The van der Waals surface area contributed by atoms with Gasteiger partial charge in [0, 0.05) is 10.9 Å². The van der Waals surface area contributed by atoms with E-state index >= 15 is 0 Å². The standard InChI is InChI=1S/C18H22ClN/c1-12-8-13(2)18(14(3)9-12)16(11-20)10-15-4-6-17(19)7-5-15/h4-9,16H,10-11,20H2,1-3H3. The van der Waals surface area contributed by atoms with Gasteiger partial charge in [0.05, 0.1) is 0 Å². The minimum absolute atomic E-state index is 0.358. The first-order valence-corrected chi connectivity index (χ1v) is 7.41. The van der Waals surface area contributed by atoms with Crippen LogP contribution in [0, 0.1) is 20.8 Å². The van der Waals surface area contributed by atoms with Gasteiger partial charge in [0.15, 0.2) is 0 Å². The summed E-state index contributed by atoms with van der Waals surface area (Å²) in [5.74, 6) is 0.358. The highest BCUT2D eigenvalue weighted by molar-refractivity contribution is 6.30. The van der Waals surface area contributed by atoms with E-state index < -0.39 is 0 Å². The summed E-state index contributed by atoms with van der Waals surface area (Å²) in [6, 6.07) is 12.5. The van der Waals surface area contributed by atoms with Crippen molar-refractivity contribution in [2.24, 2.45) is 5.73 Å². The van der Waals surface area contributed by atoms with Gasteiger partial charge in [-0.2, -0.15) is 0 Å². The molecule has 2 aromatic rings. The molecule has 20 heavy (non-hydrogen) atoms. The summed E-state index contributed by atoms with van der Waals surface area (Å²) in [5, 5.41) is 0.778. The first kappa shape index (κ1) is 15.1. The van der Waals surface area contributed by atoms with Crippen molar-refractivity contribution in [3.05, 3.63) is 69.2 Å². The van der Waals surface area contributed by atoms with Crippen molar-refractivity contribution in [2.75, 3.05) is 6.54 Å². The molecule has 1 nitrogen and oxygen atoms in total. The van der Waals surface area contributed by atoms with Crippen molar-refractivity contribution < 1.29 is 0 Å². The van der Waals surface area contributed by atoms with Gasteiger partial charge in [0.1, 0.15) is 0 Å². The molecule has 0 amide bonds. The van der Waals surface area contributed by atoms with Crippen LogP contribution in [0.4, 0.5) is 0 Å². The second-order valence-electron chi connectivity index (χ2n) is 5.58. The van der Waals surface area contributed by atoms with Crippen LogP contribution in [-0.2, 0) is 6.42 Å². The molecule has 0 radical (unpaired) electrons. The summed E-state index contributed by atoms with van der Waals surface area (Å²) >= 11 is 5.94. The molecule has 1 atom stereocenters. The van der Waals surface area contributed by atoms with Crippen molar-refractivity contribution in [1.29, 1.82) is 0 Å². The first-order valence-electron chi connectivity index (χ1n) is 7.03. The molecule has 0 bridgehead atoms. The molecular weight excluding hydrogens is 266 g/mol. The normalized spacial score (nSPS) is 12.4. The van der Waals surface area contributed by atoms with Gasteiger partial charge < -0.3 is 5.73 Å². The zero-order chi connectivity index (χ0) is 14.7. The van der Waals surface area contributed by atoms with Crippen LogP contribution in [0.5, 0.6) is 0 Å². The molecular formula is C18H22ClN. The predicted octanol–water partition coefficient (Wildman–Crippen LogP) is 4.55. The van der Waals surface area contributed by atoms with E-state index in [4.69, 9.17) is 17.3 Å². The topological polar surface area (TPSA) is 26.0 Å². The SMILES string of the molecule is Cc1cc(C)c(C(CN)Cc2ccc(Cl)cc2)c(C)c1. The number of hydrogen-bond donors (Lipinski definition) is 1. The summed E-state index contributed by atoms with van der Waals surface area (Å²) in [4.78, 5) is 0. The van der Waals surface area contributed by atoms with Crippen LogP contribution in [-0.4, -0.2) is 6.54 Å². The first-order chi connectivity index (χ1) is 9.51. The van der Waals surface area contributed by atoms with Crippen molar-refractivity contribution in [3.8, 4) is 0 Å². The number of halogens is 1. The van der Waals surface area contributed by atoms with Crippen LogP contribution in [0.15, 0.2) is 36.4 Å². The maximum atomic E-state index is 6.03. The molecule has 0 saturated heterocycles. The third-order valence-electron chi connectivity index (χ3n) is 3.83. The van der Waals surface area contributed by atoms with Gasteiger partial charge in [0.2, 0.25) is 0 Å². The molecule has 0 saturated carbocycles. The molecule has 0 aliphatic carbocycles. The second kappa shape index (κ2) is 6.43. The van der Waals surface area contributed by atoms with Gasteiger partial charge in [-0.1, -0.05) is 41.4 Å². The Kier molecular flexibility index (Phi) is 4.85. The highest BCUT2D eigenvalue weighted by Gasteiger charge is 2.16. The van der Waals surface area contributed by atoms with Crippen LogP contribution in [0.1, 0.15) is 33.7 Å². The van der Waals surface area contributed by atoms with Crippen LogP contribution in [0.2, 0.25) is 5.02 Å². The predicted molar refractivity (Wildman–Crippen MR) is 87.6 cm³/mol. The van der Waals surface area contributed by atoms with Gasteiger partial charge in [-0.3, -0.25) is 0 Å². The molecule has 2 rings (SSSR count). The van der Waals surface area contributed by atoms with Crippen molar-refractivity contribution in [3.63, 3.8) is 0 Å². The molecule has 0 aliphatic rings. The number of hydrogen-bond acceptors (Lipinski definition) is 1. The Morgan fingerprint density at radius 3 is 2.05 bits per heavy atom. The molecule has 2 aromatic carbocycles. The lowest BCUT2D eigenvalue weighted by Crippen LogP contribution is -2.17. The van der Waals surface area contributed by atoms with E-state index in [9.17, 15) is 0 Å². The summed E-state index contributed by atoms with van der Waals surface area (Å²) in [6.07, 6.45) is 0.957. The Morgan fingerprint density at radius 1 is 1.00 bits per heavy atom. The minimum atomic E-state index is 0.358. The zero-order valence-electron chi connectivity index (χ0n) is 12.4. The van der Waals surface area contributed by atoms with Gasteiger partial charge >= 0.3 is 0 Å². The van der Waals surface area contributed by atoms with E-state index in [0.717, 1.165) is 11.4 Å². The Bertz CT molecular complexity index is 564. The Morgan fingerprint density at radius 2 is 1.55 bits per heavy atom. The molecule has 2 heteroatoms. The van der Waals surface area contributed by atoms with E-state index in [0.29, 0.717) is 12.5 Å². The molecule has 0 heterocycles. The Labute approximate surface area is 126 Å². The number of aryl methyl sites for hydroxylation is 3. The van der Waals surface area contributed by atoms with E-state index in [1.165, 1.54) is 27.8 Å². The van der Waals surface area contributed by atoms with Gasteiger partial charge in [-0.25, -0.2) is 0 Å². The Balaban J connectivity index is 2.31. The maximum absolute atomic E-state index is 6.03. The summed E-state index contributed by atoms with van der Waals surface area (Å²) in [7, 11) is 0. The summed E-state index contributed by atoms with van der Waals surface area (Å²) in [6.45, 7) is 7.16. The van der Waals surface area contributed by atoms with E-state index in [2.05, 4.69) is 45.0 Å². The fourth-order valence-corrected chi connectivity index (χ4v) is 3.17. The van der Waals surface area contributed by atoms with Gasteiger partial charge in [-0.15, -0.1) is 0 Å². The lowest BCUT2D eigenvalue weighted by Gasteiger charge is -2.21. The third-order valence-corrected chi connectivity index (χ3v) is 4.08. The van der Waals surface area contributed by atoms with Gasteiger partial charge in [-0.05, 0) is 68.1 Å². The lowest BCUT2D eigenvalue weighted by atomic mass is 9.85. The molecule has 106 valence electrons. The van der Waals surface area contributed by atoms with Crippen LogP contribution in [0.25, 0.3) is 0 Å². The summed E-state index contributed by atoms with van der Waals surface area (Å²) in [5.41, 5.74) is 12.7. The van der Waals surface area contributed by atoms with E-state index in [1.807, 2.05) is 12.1 Å².